The molecule has 0 amide bonds. The van der Waals surface area contributed by atoms with Gasteiger partial charge in [-0.3, -0.25) is 14.6 Å². The van der Waals surface area contributed by atoms with Gasteiger partial charge >= 0.3 is 12.3 Å². The van der Waals surface area contributed by atoms with Crippen molar-refractivity contribution in [1.29, 1.82) is 0 Å². The summed E-state index contributed by atoms with van der Waals surface area (Å²) < 4.78 is 52.8. The molecule has 1 aliphatic rings. The topological polar surface area (TPSA) is 91.8 Å². The summed E-state index contributed by atoms with van der Waals surface area (Å²) in [6.07, 6.45) is -2.57. The Bertz CT molecular complexity index is 1250. The van der Waals surface area contributed by atoms with Crippen LogP contribution in [0.25, 0.3) is 0 Å². The van der Waals surface area contributed by atoms with Crippen LogP contribution in [0.1, 0.15) is 34.0 Å². The first kappa shape index (κ1) is 26.2. The molecule has 0 bridgehead atoms. The molecule has 11 heteroatoms. The number of carbonyl (C=O) groups excluding carboxylic acids is 3. The molecule has 1 aromatic heterocycles. The Balaban J connectivity index is 1.44. The van der Waals surface area contributed by atoms with Crippen LogP contribution in [0.2, 0.25) is 0 Å². The molecule has 7 nitrogen and oxygen atoms in total. The largest absolute Gasteiger partial charge is 0.573 e. The molecular weight excluding hydrogens is 511 g/mol. The van der Waals surface area contributed by atoms with Gasteiger partial charge in [0, 0.05) is 12.4 Å². The minimum Gasteiger partial charge on any atom is -0.489 e. The monoisotopic (exact) mass is 531 g/mol. The number of Topliss-reactive ketones (excluding diaryl/α,β-unsaturated/α-hetero) is 1. The van der Waals surface area contributed by atoms with Gasteiger partial charge in [-0.25, -0.2) is 4.79 Å². The Kier molecular flexibility index (Phi) is 8.12. The van der Waals surface area contributed by atoms with Gasteiger partial charge in [-0.2, -0.15) is 0 Å². The Hall–Kier alpha value is -3.86. The van der Waals surface area contributed by atoms with Crippen molar-refractivity contribution in [3.63, 3.8) is 0 Å². The highest BCUT2D eigenvalue weighted by Gasteiger charge is 2.32. The van der Waals surface area contributed by atoms with Crippen molar-refractivity contribution in [3.05, 3.63) is 89.7 Å². The lowest BCUT2D eigenvalue weighted by Gasteiger charge is -2.20. The maximum absolute atomic E-state index is 12.6. The number of esters is 1. The van der Waals surface area contributed by atoms with Crippen molar-refractivity contribution in [1.82, 2.24) is 4.98 Å². The Morgan fingerprint density at radius 2 is 1.73 bits per heavy atom. The molecule has 0 radical (unpaired) electrons. The van der Waals surface area contributed by atoms with Crippen LogP contribution in [0.3, 0.4) is 0 Å². The molecule has 0 spiro atoms. The third-order valence-electron chi connectivity index (χ3n) is 5.33. The van der Waals surface area contributed by atoms with Crippen LogP contribution in [0.15, 0.2) is 73.1 Å². The zero-order valence-corrected chi connectivity index (χ0v) is 20.0. The van der Waals surface area contributed by atoms with E-state index in [0.29, 0.717) is 17.7 Å². The summed E-state index contributed by atoms with van der Waals surface area (Å²) in [4.78, 5) is 39.8. The number of thioether (sulfide) groups is 1. The number of nitrogens with zero attached hydrogens (tertiary/aromatic N) is 1. The maximum atomic E-state index is 12.6. The second-order valence-corrected chi connectivity index (χ2v) is 9.29. The third-order valence-corrected chi connectivity index (χ3v) is 6.45. The zero-order valence-electron chi connectivity index (χ0n) is 19.1. The lowest BCUT2D eigenvalue weighted by Crippen LogP contribution is -2.19. The lowest BCUT2D eigenvalue weighted by molar-refractivity contribution is -0.274. The molecule has 0 N–H and O–H groups in total. The van der Waals surface area contributed by atoms with Crippen molar-refractivity contribution in [3.8, 4) is 11.5 Å². The van der Waals surface area contributed by atoms with E-state index in [-0.39, 0.29) is 34.7 Å². The minimum absolute atomic E-state index is 0.0427. The molecule has 1 fully saturated rings. The predicted molar refractivity (Wildman–Crippen MR) is 127 cm³/mol. The molecule has 1 aliphatic heterocycles. The number of ketones is 1. The third kappa shape index (κ3) is 7.56. The molecule has 0 aliphatic carbocycles. The molecule has 2 heterocycles. The van der Waals surface area contributed by atoms with Crippen molar-refractivity contribution < 1.29 is 41.8 Å². The maximum Gasteiger partial charge on any atom is 0.573 e. The second-order valence-electron chi connectivity index (χ2n) is 8.03. The van der Waals surface area contributed by atoms with E-state index in [1.807, 2.05) is 0 Å². The highest BCUT2D eigenvalue weighted by molar-refractivity contribution is 8.15. The molecule has 2 atom stereocenters. The van der Waals surface area contributed by atoms with Gasteiger partial charge in [-0.1, -0.05) is 36.0 Å². The first-order valence-electron chi connectivity index (χ1n) is 11.1. The summed E-state index contributed by atoms with van der Waals surface area (Å²) in [5.74, 6) is -0.725. The average Bonchev–Trinajstić information content (AvgIpc) is 3.18. The van der Waals surface area contributed by atoms with E-state index < -0.39 is 24.2 Å². The van der Waals surface area contributed by atoms with Crippen LogP contribution in [-0.4, -0.2) is 40.1 Å². The lowest BCUT2D eigenvalue weighted by atomic mass is 10.1. The number of carbonyl (C=O) groups is 3. The van der Waals surface area contributed by atoms with Gasteiger partial charge in [-0.05, 0) is 53.9 Å². The molecular formula is C26H20F3NO6S. The smallest absolute Gasteiger partial charge is 0.489 e. The molecule has 37 heavy (non-hydrogen) atoms. The van der Waals surface area contributed by atoms with E-state index in [9.17, 15) is 27.6 Å². The highest BCUT2D eigenvalue weighted by atomic mass is 32.2. The molecule has 2 aromatic carbocycles. The van der Waals surface area contributed by atoms with Gasteiger partial charge in [0.2, 0.25) is 0 Å². The molecule has 2 unspecified atom stereocenters. The molecule has 0 saturated carbocycles. The van der Waals surface area contributed by atoms with Gasteiger partial charge in [0.05, 0.1) is 17.2 Å². The van der Waals surface area contributed by atoms with Crippen LogP contribution in [0, 0.1) is 0 Å². The van der Waals surface area contributed by atoms with Gasteiger partial charge < -0.3 is 14.2 Å². The van der Waals surface area contributed by atoms with Crippen LogP contribution in [0.5, 0.6) is 11.5 Å². The van der Waals surface area contributed by atoms with Crippen LogP contribution in [0.4, 0.5) is 13.2 Å². The number of aromatic nitrogens is 1. The summed E-state index contributed by atoms with van der Waals surface area (Å²) in [7, 11) is 0. The normalized spacial score (nSPS) is 16.4. The highest BCUT2D eigenvalue weighted by Crippen LogP contribution is 2.29. The SMILES string of the molecule is O=C1CC(=O)C(Cc2ccc(OCC(OC(=O)c3cccnc3)c3ccc(OC(F)(F)F)cc3)cc2)S1. The molecule has 4 rings (SSSR count). The Labute approximate surface area is 213 Å². The van der Waals surface area contributed by atoms with Gasteiger partial charge in [-0.15, -0.1) is 13.2 Å². The molecule has 192 valence electrons. The number of alkyl halides is 3. The minimum atomic E-state index is -4.83. The fraction of sp³-hybridized carbons (Fsp3) is 0.231. The number of halogens is 3. The summed E-state index contributed by atoms with van der Waals surface area (Å²) in [5, 5.41) is -0.514. The van der Waals surface area contributed by atoms with E-state index in [4.69, 9.17) is 9.47 Å². The summed E-state index contributed by atoms with van der Waals surface area (Å²) >= 11 is 1.05. The van der Waals surface area contributed by atoms with E-state index in [2.05, 4.69) is 9.72 Å². The van der Waals surface area contributed by atoms with E-state index in [1.54, 1.807) is 30.3 Å². The number of ether oxygens (including phenoxy) is 3. The van der Waals surface area contributed by atoms with Gasteiger partial charge in [0.25, 0.3) is 0 Å². The van der Waals surface area contributed by atoms with E-state index in [0.717, 1.165) is 29.5 Å². The first-order chi connectivity index (χ1) is 17.7. The number of pyridine rings is 1. The average molecular weight is 532 g/mol. The number of hydrogen-bond acceptors (Lipinski definition) is 8. The molecule has 1 saturated heterocycles. The standard InChI is InChI=1S/C26H20F3NO6S/c27-26(28,29)36-20-9-5-17(6-10-20)22(35-25(33)18-2-1-11-30-14-18)15-34-19-7-3-16(4-8-19)12-23-21(31)13-24(32)37-23/h1-11,14,22-23H,12-13,15H2. The summed E-state index contributed by atoms with van der Waals surface area (Å²) in [6, 6.07) is 14.9. The number of hydrogen-bond donors (Lipinski definition) is 0. The first-order valence-corrected chi connectivity index (χ1v) is 11.9. The van der Waals surface area contributed by atoms with Crippen molar-refractivity contribution in [2.45, 2.75) is 30.6 Å². The Morgan fingerprint density at radius 3 is 2.32 bits per heavy atom. The fourth-order valence-electron chi connectivity index (χ4n) is 3.55. The van der Waals surface area contributed by atoms with Crippen LogP contribution >= 0.6 is 11.8 Å². The quantitative estimate of drug-likeness (QED) is 0.278. The fourth-order valence-corrected chi connectivity index (χ4v) is 4.58. The van der Waals surface area contributed by atoms with Crippen molar-refractivity contribution >= 4 is 28.6 Å². The molecule has 3 aromatic rings. The summed E-state index contributed by atoms with van der Waals surface area (Å²) in [6.45, 7) is -0.129. The number of rotatable bonds is 9. The number of benzene rings is 2. The van der Waals surface area contributed by atoms with Gasteiger partial charge in [0.15, 0.2) is 17.0 Å². The predicted octanol–water partition coefficient (Wildman–Crippen LogP) is 5.10. The van der Waals surface area contributed by atoms with Crippen LogP contribution in [-0.2, 0) is 20.7 Å². The van der Waals surface area contributed by atoms with E-state index >= 15 is 0 Å². The van der Waals surface area contributed by atoms with E-state index in [1.165, 1.54) is 30.6 Å². The van der Waals surface area contributed by atoms with Crippen molar-refractivity contribution in [2.75, 3.05) is 6.61 Å². The van der Waals surface area contributed by atoms with Gasteiger partial charge in [0.1, 0.15) is 18.1 Å². The second kappa shape index (κ2) is 11.5. The zero-order chi connectivity index (χ0) is 26.4. The Morgan fingerprint density at radius 1 is 1.03 bits per heavy atom. The van der Waals surface area contributed by atoms with Crippen LogP contribution < -0.4 is 9.47 Å². The summed E-state index contributed by atoms with van der Waals surface area (Å²) in [5.41, 5.74) is 1.45. The van der Waals surface area contributed by atoms with Crippen molar-refractivity contribution in [2.24, 2.45) is 0 Å².